The molecule has 0 fully saturated rings. The maximum absolute atomic E-state index is 5.00. The molecular weight excluding hydrogens is 238 g/mol. The van der Waals surface area contributed by atoms with Crippen molar-refractivity contribution in [2.45, 2.75) is 0 Å². The van der Waals surface area contributed by atoms with Crippen LogP contribution in [0.2, 0.25) is 0 Å². The fourth-order valence-electron chi connectivity index (χ4n) is 0.285. The van der Waals surface area contributed by atoms with Crippen molar-refractivity contribution in [2.24, 2.45) is 11.5 Å². The fourth-order valence-corrected chi connectivity index (χ4v) is 0.451. The van der Waals surface area contributed by atoms with Gasteiger partial charge in [-0.1, -0.05) is 0 Å². The van der Waals surface area contributed by atoms with Crippen LogP contribution in [0.4, 0.5) is 0 Å². The monoisotopic (exact) mass is 244 g/mol. The number of nitrogens with two attached hydrogens (primary N) is 2. The van der Waals surface area contributed by atoms with Crippen LogP contribution in [0, 0.1) is 0 Å². The van der Waals surface area contributed by atoms with Crippen molar-refractivity contribution < 1.29 is 29.0 Å². The summed E-state index contributed by atoms with van der Waals surface area (Å²) in [7, 11) is 0. The Labute approximate surface area is 88.3 Å². The van der Waals surface area contributed by atoms with Crippen molar-refractivity contribution in [1.29, 1.82) is 0 Å². The molecule has 0 unspecified atom stereocenters. The summed E-state index contributed by atoms with van der Waals surface area (Å²) in [6.45, 7) is 0.541. The van der Waals surface area contributed by atoms with Gasteiger partial charge in [0.2, 0.25) is 0 Å². The molecule has 4 nitrogen and oxygen atoms in total. The average molecular weight is 246 g/mol. The second-order valence-corrected chi connectivity index (χ2v) is 2.14. The van der Waals surface area contributed by atoms with Gasteiger partial charge in [0, 0.05) is 19.5 Å². The molecule has 0 aliphatic heterocycles. The zero-order valence-corrected chi connectivity index (χ0v) is 10.5. The number of rotatable bonds is 3. The van der Waals surface area contributed by atoms with Crippen LogP contribution in [0.1, 0.15) is 0 Å². The molecule has 0 heterocycles. The van der Waals surface area contributed by atoms with E-state index in [1.807, 2.05) is 0 Å². The van der Waals surface area contributed by atoms with Crippen molar-refractivity contribution in [1.82, 2.24) is 0 Å². The molecule has 0 atom stereocenters. The molecule has 0 aromatic rings. The molecule has 0 bridgehead atoms. The van der Waals surface area contributed by atoms with E-state index in [2.05, 4.69) is 33.9 Å². The van der Waals surface area contributed by atoms with Gasteiger partial charge in [-0.25, -0.2) is 0 Å². The number of hydrogen-bond donors (Lipinski definition) is 2. The quantitative estimate of drug-likeness (QED) is 0.397. The van der Waals surface area contributed by atoms with Crippen molar-refractivity contribution in [3.05, 3.63) is 0 Å². The Kier molecular flexibility index (Phi) is 10.0. The molecule has 11 heavy (non-hydrogen) atoms. The minimum atomic E-state index is -0.00783. The molecule has 0 aromatic heterocycles. The summed E-state index contributed by atoms with van der Waals surface area (Å²) >= 11 is 8.82. The van der Waals surface area contributed by atoms with Gasteiger partial charge in [-0.15, -0.1) is 0 Å². The van der Waals surface area contributed by atoms with Gasteiger partial charge in [0.25, 0.3) is 10.3 Å². The molecule has 4 N–H and O–H groups in total. The van der Waals surface area contributed by atoms with E-state index in [4.69, 9.17) is 11.5 Å². The van der Waals surface area contributed by atoms with Crippen molar-refractivity contribution >= 4 is 34.8 Å². The minimum Gasteiger partial charge on any atom is -0.468 e. The molecule has 0 aliphatic carbocycles. The number of hydrogen-bond acceptors (Lipinski definition) is 4. The van der Waals surface area contributed by atoms with Gasteiger partial charge in [0.05, 0.1) is 0 Å². The summed E-state index contributed by atoms with van der Waals surface area (Å²) in [4.78, 5) is 0. The zero-order valence-electron chi connectivity index (χ0n) is 5.91. The largest absolute Gasteiger partial charge is 0.468 e. The first-order chi connectivity index (χ1) is 4.63. The van der Waals surface area contributed by atoms with Crippen LogP contribution < -0.4 is 11.5 Å². The third kappa shape index (κ3) is 13.1. The molecule has 0 radical (unpaired) electrons. The topological polar surface area (TPSA) is 70.5 Å². The van der Waals surface area contributed by atoms with Gasteiger partial charge >= 0.3 is 0 Å². The van der Waals surface area contributed by atoms with E-state index in [0.717, 1.165) is 0 Å². The summed E-state index contributed by atoms with van der Waals surface area (Å²) in [6.07, 6.45) is 0. The molecule has 0 amide bonds. The van der Waals surface area contributed by atoms with Crippen LogP contribution in [0.3, 0.4) is 0 Å². The number of ether oxygens (including phenoxy) is 2. The van der Waals surface area contributed by atoms with Crippen LogP contribution in [0.15, 0.2) is 0 Å². The maximum atomic E-state index is 5.00. The zero-order chi connectivity index (χ0) is 7.98. The van der Waals surface area contributed by atoms with E-state index < -0.39 is 0 Å². The van der Waals surface area contributed by atoms with Crippen molar-refractivity contribution in [3.8, 4) is 0 Å². The molecular formula is C4H8N2O2S2Zn. The van der Waals surface area contributed by atoms with Crippen LogP contribution in [0.5, 0.6) is 0 Å². The van der Waals surface area contributed by atoms with E-state index >= 15 is 0 Å². The van der Waals surface area contributed by atoms with E-state index in [-0.39, 0.29) is 43.0 Å². The molecule has 0 saturated carbocycles. The second kappa shape index (κ2) is 8.10. The third-order valence-corrected chi connectivity index (χ3v) is 0.808. The van der Waals surface area contributed by atoms with Crippen LogP contribution in [-0.4, -0.2) is 23.6 Å². The predicted molar refractivity (Wildman–Crippen MR) is 45.5 cm³/mol. The Bertz CT molecular complexity index is 128. The summed E-state index contributed by atoms with van der Waals surface area (Å²) in [5, 5.41) is -0.0157. The van der Waals surface area contributed by atoms with Crippen molar-refractivity contribution in [3.63, 3.8) is 0 Å². The molecule has 0 aromatic carbocycles. The first kappa shape index (κ1) is 13.6. The number of thiocarbonyl (C=S) groups is 2. The predicted octanol–water partition coefficient (Wildman–Crippen LogP) is -0.496. The van der Waals surface area contributed by atoms with Gasteiger partial charge < -0.3 is 20.9 Å². The maximum Gasteiger partial charge on any atom is 0.254 e. The molecule has 0 spiro atoms. The summed E-state index contributed by atoms with van der Waals surface area (Å²) in [5.74, 6) is 0. The summed E-state index contributed by atoms with van der Waals surface area (Å²) in [6, 6.07) is 0. The van der Waals surface area contributed by atoms with Crippen LogP contribution in [-0.2, 0) is 29.0 Å². The Balaban J connectivity index is 0. The van der Waals surface area contributed by atoms with Gasteiger partial charge in [0.15, 0.2) is 0 Å². The Morgan fingerprint density at radius 3 is 1.45 bits per heavy atom. The summed E-state index contributed by atoms with van der Waals surface area (Å²) in [5.41, 5.74) is 10.00. The van der Waals surface area contributed by atoms with E-state index in [9.17, 15) is 0 Å². The smallest absolute Gasteiger partial charge is 0.254 e. The first-order valence-corrected chi connectivity index (χ1v) is 3.29. The van der Waals surface area contributed by atoms with Gasteiger partial charge in [0.1, 0.15) is 13.2 Å². The fraction of sp³-hybridized carbons (Fsp3) is 0.500. The van der Waals surface area contributed by atoms with Crippen molar-refractivity contribution in [2.75, 3.05) is 13.2 Å². The van der Waals surface area contributed by atoms with Gasteiger partial charge in [-0.3, -0.25) is 0 Å². The van der Waals surface area contributed by atoms with Crippen LogP contribution >= 0.6 is 24.4 Å². The average Bonchev–Trinajstić information content (AvgIpc) is 1.79. The first-order valence-electron chi connectivity index (χ1n) is 2.47. The van der Waals surface area contributed by atoms with E-state index in [0.29, 0.717) is 0 Å². The molecule has 0 saturated heterocycles. The SMILES string of the molecule is NC(=S)OCCOC(N)=S.[Zn]. The van der Waals surface area contributed by atoms with Crippen LogP contribution in [0.25, 0.3) is 0 Å². The van der Waals surface area contributed by atoms with E-state index in [1.165, 1.54) is 0 Å². The second-order valence-electron chi connectivity index (χ2n) is 1.33. The molecule has 60 valence electrons. The van der Waals surface area contributed by atoms with Gasteiger partial charge in [-0.05, 0) is 24.4 Å². The molecule has 0 aliphatic rings. The van der Waals surface area contributed by atoms with Gasteiger partial charge in [-0.2, -0.15) is 0 Å². The summed E-state index contributed by atoms with van der Waals surface area (Å²) < 4.78 is 9.32. The standard InChI is InChI=1S/C4H8N2O2S2.Zn/c5-3(9)7-1-2-8-4(6)10;/h1-2H2,(H2,5,9)(H2,6,10);. The third-order valence-electron chi connectivity index (χ3n) is 0.572. The Hall–Kier alpha value is 0.00338. The molecule has 7 heteroatoms. The van der Waals surface area contributed by atoms with E-state index in [1.54, 1.807) is 0 Å². The Morgan fingerprint density at radius 1 is 1.00 bits per heavy atom. The molecule has 0 rings (SSSR count). The normalized spacial score (nSPS) is 7.64. The Morgan fingerprint density at radius 2 is 1.27 bits per heavy atom. The minimum absolute atomic E-state index is 0.